The van der Waals surface area contributed by atoms with Crippen LogP contribution in [-0.2, 0) is 9.53 Å². The molecule has 1 aliphatic rings. The van der Waals surface area contributed by atoms with E-state index in [1.165, 1.54) is 0 Å². The van der Waals surface area contributed by atoms with E-state index in [2.05, 4.69) is 15.5 Å². The predicted octanol–water partition coefficient (Wildman–Crippen LogP) is -0.956. The molecule has 0 atom stereocenters. The number of esters is 1. The minimum atomic E-state index is -0.169. The largest absolute Gasteiger partial charge is 0.465 e. The lowest BCUT2D eigenvalue weighted by Gasteiger charge is -2.27. The van der Waals surface area contributed by atoms with Gasteiger partial charge in [0.1, 0.15) is 0 Å². The Labute approximate surface area is 91.2 Å². The van der Waals surface area contributed by atoms with E-state index in [4.69, 9.17) is 4.74 Å². The summed E-state index contributed by atoms with van der Waals surface area (Å²) in [6.07, 6.45) is 0. The first-order valence-corrected chi connectivity index (χ1v) is 5.62. The number of nitrogens with one attached hydrogen (secondary N) is 2. The van der Waals surface area contributed by atoms with Gasteiger partial charge in [-0.2, -0.15) is 0 Å². The number of hydrogen-bond acceptors (Lipinski definition) is 5. The van der Waals surface area contributed by atoms with E-state index >= 15 is 0 Å². The summed E-state index contributed by atoms with van der Waals surface area (Å²) in [5, 5.41) is 6.38. The number of piperazine rings is 1. The molecule has 88 valence electrons. The molecule has 15 heavy (non-hydrogen) atoms. The molecule has 0 aromatic heterocycles. The van der Waals surface area contributed by atoms with Crippen molar-refractivity contribution < 1.29 is 9.53 Å². The van der Waals surface area contributed by atoms with Crippen molar-refractivity contribution in [1.82, 2.24) is 15.5 Å². The molecule has 0 bridgehead atoms. The topological polar surface area (TPSA) is 53.6 Å². The normalized spacial score (nSPS) is 17.7. The van der Waals surface area contributed by atoms with E-state index in [0.29, 0.717) is 13.2 Å². The highest BCUT2D eigenvalue weighted by Crippen LogP contribution is 1.89. The third-order valence-corrected chi connectivity index (χ3v) is 2.39. The van der Waals surface area contributed by atoms with Gasteiger partial charge in [-0.3, -0.25) is 9.69 Å². The van der Waals surface area contributed by atoms with Gasteiger partial charge in [0.05, 0.1) is 13.2 Å². The van der Waals surface area contributed by atoms with Crippen molar-refractivity contribution in [1.29, 1.82) is 0 Å². The van der Waals surface area contributed by atoms with Gasteiger partial charge in [-0.05, 0) is 6.92 Å². The highest BCUT2D eigenvalue weighted by molar-refractivity contribution is 5.71. The third kappa shape index (κ3) is 5.71. The zero-order chi connectivity index (χ0) is 10.9. The number of nitrogens with zero attached hydrogens (tertiary/aromatic N) is 1. The van der Waals surface area contributed by atoms with Gasteiger partial charge in [-0.25, -0.2) is 0 Å². The van der Waals surface area contributed by atoms with E-state index in [0.717, 1.165) is 39.3 Å². The molecule has 5 heteroatoms. The van der Waals surface area contributed by atoms with Crippen molar-refractivity contribution >= 4 is 5.97 Å². The minimum Gasteiger partial charge on any atom is -0.465 e. The summed E-state index contributed by atoms with van der Waals surface area (Å²) in [7, 11) is 0. The van der Waals surface area contributed by atoms with E-state index in [-0.39, 0.29) is 5.97 Å². The summed E-state index contributed by atoms with van der Waals surface area (Å²) in [6.45, 7) is 8.77. The van der Waals surface area contributed by atoms with Crippen molar-refractivity contribution in [2.45, 2.75) is 6.92 Å². The minimum absolute atomic E-state index is 0.169. The standard InChI is InChI=1S/C10H21N3O2/c1-2-15-10(14)9-12-5-8-13-6-3-11-4-7-13/h11-12H,2-9H2,1H3. The summed E-state index contributed by atoms with van der Waals surface area (Å²) < 4.78 is 4.81. The summed E-state index contributed by atoms with van der Waals surface area (Å²) in [5.74, 6) is -0.169. The van der Waals surface area contributed by atoms with Crippen LogP contribution in [0.1, 0.15) is 6.92 Å². The summed E-state index contributed by atoms with van der Waals surface area (Å²) >= 11 is 0. The van der Waals surface area contributed by atoms with Crippen LogP contribution >= 0.6 is 0 Å². The van der Waals surface area contributed by atoms with Gasteiger partial charge >= 0.3 is 5.97 Å². The Balaban J connectivity index is 1.93. The smallest absolute Gasteiger partial charge is 0.319 e. The third-order valence-electron chi connectivity index (χ3n) is 2.39. The van der Waals surface area contributed by atoms with E-state index < -0.39 is 0 Å². The second kappa shape index (κ2) is 7.62. The highest BCUT2D eigenvalue weighted by atomic mass is 16.5. The molecule has 1 rings (SSSR count). The molecule has 1 saturated heterocycles. The number of carbonyl (C=O) groups is 1. The fourth-order valence-electron chi connectivity index (χ4n) is 1.57. The SMILES string of the molecule is CCOC(=O)CNCCN1CCNCC1. The van der Waals surface area contributed by atoms with E-state index in [9.17, 15) is 4.79 Å². The average Bonchev–Trinajstić information content (AvgIpc) is 2.26. The molecule has 0 amide bonds. The Hall–Kier alpha value is -0.650. The van der Waals surface area contributed by atoms with Gasteiger partial charge in [0.15, 0.2) is 0 Å². The van der Waals surface area contributed by atoms with Crippen molar-refractivity contribution in [3.8, 4) is 0 Å². The monoisotopic (exact) mass is 215 g/mol. The molecule has 5 nitrogen and oxygen atoms in total. The zero-order valence-electron chi connectivity index (χ0n) is 9.42. The van der Waals surface area contributed by atoms with Gasteiger partial charge in [0.2, 0.25) is 0 Å². The fraction of sp³-hybridized carbons (Fsp3) is 0.900. The molecule has 1 fully saturated rings. The van der Waals surface area contributed by atoms with Crippen LogP contribution in [0.2, 0.25) is 0 Å². The molecule has 1 heterocycles. The molecule has 0 aromatic rings. The van der Waals surface area contributed by atoms with Gasteiger partial charge in [-0.1, -0.05) is 0 Å². The van der Waals surface area contributed by atoms with Crippen LogP contribution in [0.4, 0.5) is 0 Å². The molecular weight excluding hydrogens is 194 g/mol. The lowest BCUT2D eigenvalue weighted by molar-refractivity contribution is -0.142. The summed E-state index contributed by atoms with van der Waals surface area (Å²) in [6, 6.07) is 0. The molecule has 0 unspecified atom stereocenters. The number of ether oxygens (including phenoxy) is 1. The van der Waals surface area contributed by atoms with Crippen LogP contribution in [0.5, 0.6) is 0 Å². The molecule has 0 aliphatic carbocycles. The fourth-order valence-corrected chi connectivity index (χ4v) is 1.57. The van der Waals surface area contributed by atoms with Gasteiger partial charge in [0.25, 0.3) is 0 Å². The van der Waals surface area contributed by atoms with E-state index in [1.807, 2.05) is 6.92 Å². The second-order valence-corrected chi connectivity index (χ2v) is 3.57. The van der Waals surface area contributed by atoms with Crippen molar-refractivity contribution in [2.75, 3.05) is 52.4 Å². The van der Waals surface area contributed by atoms with Crippen LogP contribution < -0.4 is 10.6 Å². The molecule has 0 saturated carbocycles. The molecule has 1 aliphatic heterocycles. The maximum Gasteiger partial charge on any atom is 0.319 e. The van der Waals surface area contributed by atoms with Crippen molar-refractivity contribution in [3.05, 3.63) is 0 Å². The number of hydrogen-bond donors (Lipinski definition) is 2. The highest BCUT2D eigenvalue weighted by Gasteiger charge is 2.08. The lowest BCUT2D eigenvalue weighted by Crippen LogP contribution is -2.46. The maximum atomic E-state index is 11.0. The Morgan fingerprint density at radius 2 is 2.20 bits per heavy atom. The van der Waals surface area contributed by atoms with Gasteiger partial charge in [-0.15, -0.1) is 0 Å². The van der Waals surface area contributed by atoms with Gasteiger partial charge in [0, 0.05) is 39.3 Å². The summed E-state index contributed by atoms with van der Waals surface area (Å²) in [5.41, 5.74) is 0. The van der Waals surface area contributed by atoms with Gasteiger partial charge < -0.3 is 15.4 Å². The van der Waals surface area contributed by atoms with Crippen LogP contribution in [0, 0.1) is 0 Å². The molecule has 0 spiro atoms. The van der Waals surface area contributed by atoms with Crippen molar-refractivity contribution in [3.63, 3.8) is 0 Å². The van der Waals surface area contributed by atoms with Crippen LogP contribution in [0.3, 0.4) is 0 Å². The second-order valence-electron chi connectivity index (χ2n) is 3.57. The first-order chi connectivity index (χ1) is 7.33. The summed E-state index contributed by atoms with van der Waals surface area (Å²) in [4.78, 5) is 13.4. The predicted molar refractivity (Wildman–Crippen MR) is 58.8 cm³/mol. The quantitative estimate of drug-likeness (QED) is 0.442. The Morgan fingerprint density at radius 3 is 2.87 bits per heavy atom. The Kier molecular flexibility index (Phi) is 6.31. The van der Waals surface area contributed by atoms with E-state index in [1.54, 1.807) is 0 Å². The molecule has 0 radical (unpaired) electrons. The van der Waals surface area contributed by atoms with Crippen LogP contribution in [0.15, 0.2) is 0 Å². The average molecular weight is 215 g/mol. The molecule has 0 aromatic carbocycles. The van der Waals surface area contributed by atoms with Crippen molar-refractivity contribution in [2.24, 2.45) is 0 Å². The van der Waals surface area contributed by atoms with Crippen LogP contribution in [-0.4, -0.2) is 63.3 Å². The lowest BCUT2D eigenvalue weighted by atomic mass is 10.3. The molecular formula is C10H21N3O2. The van der Waals surface area contributed by atoms with Crippen LogP contribution in [0.25, 0.3) is 0 Å². The number of carbonyl (C=O) groups excluding carboxylic acids is 1. The molecule has 2 N–H and O–H groups in total. The Morgan fingerprint density at radius 1 is 1.47 bits per heavy atom. The first-order valence-electron chi connectivity index (χ1n) is 5.62. The number of rotatable bonds is 6. The zero-order valence-corrected chi connectivity index (χ0v) is 9.42. The first kappa shape index (κ1) is 12.4. The maximum absolute atomic E-state index is 11.0. The Bertz CT molecular complexity index is 182.